The molecule has 1 aromatic carbocycles. The van der Waals surface area contributed by atoms with Gasteiger partial charge in [0.2, 0.25) is 11.8 Å². The second-order valence-corrected chi connectivity index (χ2v) is 9.14. The molecule has 2 bridgehead atoms. The quantitative estimate of drug-likeness (QED) is 0.726. The molecule has 6 nitrogen and oxygen atoms in total. The molecule has 5 rings (SSSR count). The van der Waals surface area contributed by atoms with Crippen LogP contribution in [0.25, 0.3) is 0 Å². The van der Waals surface area contributed by atoms with Crippen LogP contribution in [0, 0.1) is 25.7 Å². The van der Waals surface area contributed by atoms with Crippen molar-refractivity contribution in [3.05, 3.63) is 47.0 Å². The van der Waals surface area contributed by atoms with E-state index in [1.807, 2.05) is 22.0 Å². The molecule has 0 aromatic heterocycles. The summed E-state index contributed by atoms with van der Waals surface area (Å²) in [7, 11) is 2.07. The number of likely N-dealkylation sites (N-methyl/N-ethyl adjacent to an activating group) is 1. The molecule has 0 N–H and O–H groups in total. The maximum atomic E-state index is 13.4. The summed E-state index contributed by atoms with van der Waals surface area (Å²) in [4.78, 5) is 32.8. The molecule has 2 amide bonds. The van der Waals surface area contributed by atoms with Crippen LogP contribution in [0.3, 0.4) is 0 Å². The van der Waals surface area contributed by atoms with E-state index in [0.29, 0.717) is 13.1 Å². The van der Waals surface area contributed by atoms with Crippen molar-refractivity contribution in [2.75, 3.05) is 39.8 Å². The largest absolute Gasteiger partial charge is 0.360 e. The Balaban J connectivity index is 1.37. The number of hydrogen-bond acceptors (Lipinski definition) is 4. The van der Waals surface area contributed by atoms with Crippen molar-refractivity contribution in [3.8, 4) is 0 Å². The first kappa shape index (κ1) is 18.8. The Morgan fingerprint density at radius 2 is 1.93 bits per heavy atom. The van der Waals surface area contributed by atoms with Crippen molar-refractivity contribution in [1.82, 2.24) is 14.7 Å². The molecule has 29 heavy (non-hydrogen) atoms. The number of piperazine rings is 1. The lowest BCUT2D eigenvalue weighted by Crippen LogP contribution is -2.52. The van der Waals surface area contributed by atoms with Gasteiger partial charge in [0.1, 0.15) is 5.60 Å². The Labute approximate surface area is 172 Å². The SMILES string of the molecule is Cc1ccc(CN2C[C@]34C=C[C@H](O3)[C@H](C(=O)N3CCN(C)CC3)[C@H]4C2=O)cc1C. The number of fused-ring (bicyclic) bond motifs is 1. The van der Waals surface area contributed by atoms with Gasteiger partial charge >= 0.3 is 0 Å². The third kappa shape index (κ3) is 2.92. The highest BCUT2D eigenvalue weighted by molar-refractivity contribution is 5.93. The molecular formula is C23H29N3O3. The van der Waals surface area contributed by atoms with E-state index < -0.39 is 11.5 Å². The number of benzene rings is 1. The maximum absolute atomic E-state index is 13.4. The zero-order valence-electron chi connectivity index (χ0n) is 17.4. The highest BCUT2D eigenvalue weighted by Gasteiger charge is 2.67. The molecule has 4 aliphatic heterocycles. The molecule has 0 radical (unpaired) electrons. The fourth-order valence-corrected chi connectivity index (χ4v) is 5.35. The first-order valence-corrected chi connectivity index (χ1v) is 10.6. The van der Waals surface area contributed by atoms with Crippen LogP contribution in [0.2, 0.25) is 0 Å². The zero-order valence-corrected chi connectivity index (χ0v) is 17.4. The number of hydrogen-bond donors (Lipinski definition) is 0. The zero-order chi connectivity index (χ0) is 20.3. The minimum Gasteiger partial charge on any atom is -0.360 e. The van der Waals surface area contributed by atoms with E-state index in [1.54, 1.807) is 0 Å². The molecule has 3 fully saturated rings. The van der Waals surface area contributed by atoms with Gasteiger partial charge in [0, 0.05) is 32.7 Å². The molecular weight excluding hydrogens is 366 g/mol. The second-order valence-electron chi connectivity index (χ2n) is 9.14. The summed E-state index contributed by atoms with van der Waals surface area (Å²) >= 11 is 0. The van der Waals surface area contributed by atoms with Gasteiger partial charge in [0.15, 0.2) is 0 Å². The highest BCUT2D eigenvalue weighted by Crippen LogP contribution is 2.52. The second kappa shape index (κ2) is 6.67. The van der Waals surface area contributed by atoms with Crippen molar-refractivity contribution in [1.29, 1.82) is 0 Å². The van der Waals surface area contributed by atoms with Crippen molar-refractivity contribution in [2.45, 2.75) is 32.1 Å². The number of ether oxygens (including phenoxy) is 1. The smallest absolute Gasteiger partial charge is 0.230 e. The predicted octanol–water partition coefficient (Wildman–Crippen LogP) is 1.36. The van der Waals surface area contributed by atoms with Crippen LogP contribution in [0.5, 0.6) is 0 Å². The normalized spacial score (nSPS) is 33.6. The molecule has 4 heterocycles. The van der Waals surface area contributed by atoms with Crippen molar-refractivity contribution < 1.29 is 14.3 Å². The van der Waals surface area contributed by atoms with Crippen LogP contribution in [0.1, 0.15) is 16.7 Å². The van der Waals surface area contributed by atoms with Gasteiger partial charge in [0.25, 0.3) is 0 Å². The Morgan fingerprint density at radius 3 is 2.66 bits per heavy atom. The minimum absolute atomic E-state index is 0.0579. The molecule has 4 aliphatic rings. The summed E-state index contributed by atoms with van der Waals surface area (Å²) in [5.74, 6) is -0.639. The Kier molecular flexibility index (Phi) is 4.33. The molecule has 4 atom stereocenters. The molecule has 6 heteroatoms. The van der Waals surface area contributed by atoms with E-state index in [2.05, 4.69) is 44.0 Å². The van der Waals surface area contributed by atoms with E-state index >= 15 is 0 Å². The fraction of sp³-hybridized carbons (Fsp3) is 0.565. The minimum atomic E-state index is -0.631. The fourth-order valence-electron chi connectivity index (χ4n) is 5.35. The summed E-state index contributed by atoms with van der Waals surface area (Å²) in [5.41, 5.74) is 2.97. The van der Waals surface area contributed by atoms with Gasteiger partial charge in [-0.05, 0) is 37.6 Å². The van der Waals surface area contributed by atoms with E-state index in [-0.39, 0.29) is 23.8 Å². The van der Waals surface area contributed by atoms with E-state index in [4.69, 9.17) is 4.74 Å². The highest BCUT2D eigenvalue weighted by atomic mass is 16.5. The summed E-state index contributed by atoms with van der Waals surface area (Å²) in [6, 6.07) is 6.34. The average Bonchev–Trinajstić information content (AvgIpc) is 3.33. The predicted molar refractivity (Wildman–Crippen MR) is 109 cm³/mol. The van der Waals surface area contributed by atoms with Crippen molar-refractivity contribution >= 4 is 11.8 Å². The first-order chi connectivity index (χ1) is 13.9. The van der Waals surface area contributed by atoms with Crippen LogP contribution in [0.4, 0.5) is 0 Å². The molecule has 0 saturated carbocycles. The third-order valence-electron chi connectivity index (χ3n) is 7.22. The van der Waals surface area contributed by atoms with Gasteiger partial charge in [0.05, 0.1) is 24.5 Å². The van der Waals surface area contributed by atoms with Gasteiger partial charge in [-0.3, -0.25) is 9.59 Å². The lowest BCUT2D eigenvalue weighted by molar-refractivity contribution is -0.144. The lowest BCUT2D eigenvalue weighted by Gasteiger charge is -2.35. The van der Waals surface area contributed by atoms with Crippen LogP contribution < -0.4 is 0 Å². The van der Waals surface area contributed by atoms with Gasteiger partial charge in [-0.1, -0.05) is 30.4 Å². The van der Waals surface area contributed by atoms with Gasteiger partial charge < -0.3 is 19.4 Å². The number of likely N-dealkylation sites (tertiary alicyclic amines) is 1. The van der Waals surface area contributed by atoms with Crippen molar-refractivity contribution in [2.24, 2.45) is 11.8 Å². The Morgan fingerprint density at radius 1 is 1.17 bits per heavy atom. The number of aryl methyl sites for hydroxylation is 2. The number of carbonyl (C=O) groups excluding carboxylic acids is 2. The average molecular weight is 396 g/mol. The first-order valence-electron chi connectivity index (χ1n) is 10.6. The standard InChI is InChI=1S/C23H29N3O3/c1-15-4-5-17(12-16(15)2)13-26-14-23-7-6-18(29-23)19(20(23)22(26)28)21(27)25-10-8-24(3)9-11-25/h4-7,12,18-20H,8-11,13-14H2,1-3H3/t18-,19-,20-,23-/m0/s1. The summed E-state index contributed by atoms with van der Waals surface area (Å²) in [6.07, 6.45) is 3.77. The Bertz CT molecular complexity index is 889. The molecule has 1 aromatic rings. The Hall–Kier alpha value is -2.18. The molecule has 3 saturated heterocycles. The third-order valence-corrected chi connectivity index (χ3v) is 7.22. The topological polar surface area (TPSA) is 53.1 Å². The number of carbonyl (C=O) groups is 2. The van der Waals surface area contributed by atoms with E-state index in [0.717, 1.165) is 31.7 Å². The summed E-state index contributed by atoms with van der Waals surface area (Å²) < 4.78 is 6.28. The van der Waals surface area contributed by atoms with E-state index in [1.165, 1.54) is 11.1 Å². The van der Waals surface area contributed by atoms with Crippen LogP contribution in [-0.4, -0.2) is 78.0 Å². The molecule has 154 valence electrons. The van der Waals surface area contributed by atoms with Gasteiger partial charge in [-0.25, -0.2) is 0 Å². The molecule has 1 spiro atoms. The number of nitrogens with zero attached hydrogens (tertiary/aromatic N) is 3. The maximum Gasteiger partial charge on any atom is 0.230 e. The summed E-state index contributed by atoms with van der Waals surface area (Å²) in [6.45, 7) is 8.49. The monoisotopic (exact) mass is 395 g/mol. The van der Waals surface area contributed by atoms with Crippen LogP contribution >= 0.6 is 0 Å². The molecule has 0 aliphatic carbocycles. The lowest BCUT2D eigenvalue weighted by atomic mass is 9.76. The van der Waals surface area contributed by atoms with Crippen LogP contribution in [-0.2, 0) is 20.9 Å². The number of amides is 2. The van der Waals surface area contributed by atoms with E-state index in [9.17, 15) is 9.59 Å². The summed E-state index contributed by atoms with van der Waals surface area (Å²) in [5, 5.41) is 0. The van der Waals surface area contributed by atoms with Crippen molar-refractivity contribution in [3.63, 3.8) is 0 Å². The molecule has 0 unspecified atom stereocenters. The van der Waals surface area contributed by atoms with Gasteiger partial charge in [-0.15, -0.1) is 0 Å². The number of rotatable bonds is 3. The van der Waals surface area contributed by atoms with Crippen LogP contribution in [0.15, 0.2) is 30.4 Å². The van der Waals surface area contributed by atoms with Gasteiger partial charge in [-0.2, -0.15) is 0 Å².